The van der Waals surface area contributed by atoms with Gasteiger partial charge in [-0.15, -0.1) is 11.3 Å². The molecule has 1 unspecified atom stereocenters. The smallest absolute Gasteiger partial charge is 0.233 e. The Hall–Kier alpha value is -1.18. The van der Waals surface area contributed by atoms with Gasteiger partial charge in [0.05, 0.1) is 16.0 Å². The van der Waals surface area contributed by atoms with Crippen molar-refractivity contribution in [1.29, 1.82) is 0 Å². The second-order valence-electron chi connectivity index (χ2n) is 6.77. The van der Waals surface area contributed by atoms with Crippen LogP contribution in [0.1, 0.15) is 55.6 Å². The number of ether oxygens (including phenoxy) is 1. The van der Waals surface area contributed by atoms with Crippen molar-refractivity contribution in [3.05, 3.63) is 44.9 Å². The average Bonchev–Trinajstić information content (AvgIpc) is 3.33. The molecule has 3 rings (SSSR count). The lowest BCUT2D eigenvalue weighted by molar-refractivity contribution is -0.118. The molecule has 1 aromatic carbocycles. The van der Waals surface area contributed by atoms with Crippen LogP contribution < -0.4 is 5.32 Å². The maximum Gasteiger partial charge on any atom is 0.233 e. The number of aliphatic hydroxyl groups excluding tert-OH is 1. The fourth-order valence-corrected chi connectivity index (χ4v) is 4.50. The van der Waals surface area contributed by atoms with Gasteiger partial charge in [-0.2, -0.15) is 0 Å². The van der Waals surface area contributed by atoms with E-state index in [0.717, 1.165) is 24.8 Å². The Morgan fingerprint density at radius 2 is 2.11 bits per heavy atom. The molecule has 1 fully saturated rings. The molecule has 2 aromatic rings. The first-order valence-corrected chi connectivity index (χ1v) is 10.5. The lowest BCUT2D eigenvalue weighted by Gasteiger charge is -2.20. The number of carbonyl (C=O) groups excluding carboxylic acids is 1. The zero-order valence-corrected chi connectivity index (χ0v) is 17.3. The first-order valence-electron chi connectivity index (χ1n) is 8.90. The van der Waals surface area contributed by atoms with Gasteiger partial charge in [-0.25, -0.2) is 4.98 Å². The van der Waals surface area contributed by atoms with Crippen LogP contribution in [0, 0.1) is 5.92 Å². The summed E-state index contributed by atoms with van der Waals surface area (Å²) in [5.74, 6) is 0.0630. The summed E-state index contributed by atoms with van der Waals surface area (Å²) in [6.45, 7) is 0. The van der Waals surface area contributed by atoms with Crippen LogP contribution in [0.5, 0.6) is 0 Å². The second-order valence-corrected chi connectivity index (χ2v) is 8.44. The van der Waals surface area contributed by atoms with Crippen LogP contribution in [0.3, 0.4) is 0 Å². The molecule has 5 nitrogen and oxygen atoms in total. The minimum Gasteiger partial charge on any atom is -0.363 e. The number of hydrogen-bond acceptors (Lipinski definition) is 5. The third-order valence-corrected chi connectivity index (χ3v) is 6.45. The fourth-order valence-electron chi connectivity index (χ4n) is 3.47. The maximum absolute atomic E-state index is 13.0. The van der Waals surface area contributed by atoms with Crippen molar-refractivity contribution in [2.24, 2.45) is 5.92 Å². The molecule has 1 amide bonds. The zero-order chi connectivity index (χ0) is 19.4. The van der Waals surface area contributed by atoms with Gasteiger partial charge in [-0.3, -0.25) is 4.79 Å². The topological polar surface area (TPSA) is 71.5 Å². The number of nitrogens with one attached hydrogen (secondary N) is 1. The number of amides is 1. The minimum atomic E-state index is -1.10. The highest BCUT2D eigenvalue weighted by molar-refractivity contribution is 7.13. The van der Waals surface area contributed by atoms with E-state index < -0.39 is 6.29 Å². The van der Waals surface area contributed by atoms with Crippen LogP contribution in [0.4, 0.5) is 5.13 Å². The van der Waals surface area contributed by atoms with Gasteiger partial charge in [0.15, 0.2) is 11.4 Å². The minimum absolute atomic E-state index is 0.131. The van der Waals surface area contributed by atoms with Gasteiger partial charge in [0, 0.05) is 12.5 Å². The van der Waals surface area contributed by atoms with Crippen LogP contribution >= 0.6 is 34.5 Å². The molecule has 146 valence electrons. The van der Waals surface area contributed by atoms with E-state index in [1.54, 1.807) is 17.5 Å². The largest absolute Gasteiger partial charge is 0.363 e. The van der Waals surface area contributed by atoms with Gasteiger partial charge < -0.3 is 15.2 Å². The third kappa shape index (κ3) is 5.21. The molecule has 1 aromatic heterocycles. The molecule has 0 radical (unpaired) electrons. The molecular weight excluding hydrogens is 407 g/mol. The van der Waals surface area contributed by atoms with E-state index in [9.17, 15) is 9.90 Å². The van der Waals surface area contributed by atoms with E-state index in [-0.39, 0.29) is 11.8 Å². The molecule has 1 aliphatic rings. The van der Waals surface area contributed by atoms with Crippen LogP contribution in [-0.2, 0) is 9.53 Å². The van der Waals surface area contributed by atoms with Gasteiger partial charge >= 0.3 is 0 Å². The van der Waals surface area contributed by atoms with Crippen LogP contribution in [-0.4, -0.2) is 23.1 Å². The summed E-state index contributed by atoms with van der Waals surface area (Å²) in [7, 11) is 1.39. The zero-order valence-electron chi connectivity index (χ0n) is 15.0. The standard InChI is InChI=1S/C19H22Cl2N2O3S/c1-26-18(25)16-10-27-19(22-16)23-17(24)13(8-11-4-2-3-5-11)12-6-7-14(20)15(21)9-12/h6-7,9-11,13,18,25H,2-5,8H2,1H3,(H,22,23,24)/t13-,18?/m1/s1. The predicted molar refractivity (Wildman–Crippen MR) is 108 cm³/mol. The van der Waals surface area contributed by atoms with Gasteiger partial charge in [-0.05, 0) is 30.0 Å². The third-order valence-electron chi connectivity index (χ3n) is 4.93. The number of thiazole rings is 1. The predicted octanol–water partition coefficient (Wildman–Crippen LogP) is 5.39. The number of halogens is 2. The van der Waals surface area contributed by atoms with E-state index >= 15 is 0 Å². The second kappa shape index (κ2) is 9.34. The molecule has 0 aliphatic heterocycles. The summed E-state index contributed by atoms with van der Waals surface area (Å²) in [5.41, 5.74) is 1.22. The number of rotatable bonds is 7. The molecule has 2 N–H and O–H groups in total. The quantitative estimate of drug-likeness (QED) is 0.579. The van der Waals surface area contributed by atoms with Crippen molar-refractivity contribution in [2.75, 3.05) is 12.4 Å². The Bertz CT molecular complexity index is 793. The van der Waals surface area contributed by atoms with E-state index in [4.69, 9.17) is 27.9 Å². The summed E-state index contributed by atoms with van der Waals surface area (Å²) in [5, 5.41) is 15.6. The summed E-state index contributed by atoms with van der Waals surface area (Å²) in [6.07, 6.45) is 4.38. The molecular formula is C19H22Cl2N2O3S. The number of nitrogens with zero attached hydrogens (tertiary/aromatic N) is 1. The highest BCUT2D eigenvalue weighted by Gasteiger charge is 2.28. The van der Waals surface area contributed by atoms with Gasteiger partial charge in [0.1, 0.15) is 5.69 Å². The number of aliphatic hydroxyl groups is 1. The van der Waals surface area contributed by atoms with Crippen molar-refractivity contribution in [1.82, 2.24) is 4.98 Å². The van der Waals surface area contributed by atoms with Crippen molar-refractivity contribution >= 4 is 45.6 Å². The van der Waals surface area contributed by atoms with Crippen molar-refractivity contribution in [3.8, 4) is 0 Å². The Kier molecular flexibility index (Phi) is 7.11. The fraction of sp³-hybridized carbons (Fsp3) is 0.474. The first kappa shape index (κ1) is 20.6. The summed E-state index contributed by atoms with van der Waals surface area (Å²) in [4.78, 5) is 17.3. The normalized spacial score (nSPS) is 17.0. The average molecular weight is 429 g/mol. The Morgan fingerprint density at radius 1 is 1.37 bits per heavy atom. The van der Waals surface area contributed by atoms with Crippen molar-refractivity contribution in [3.63, 3.8) is 0 Å². The van der Waals surface area contributed by atoms with Crippen molar-refractivity contribution < 1.29 is 14.6 Å². The van der Waals surface area contributed by atoms with Crippen LogP contribution in [0.15, 0.2) is 23.6 Å². The lowest BCUT2D eigenvalue weighted by Crippen LogP contribution is -2.23. The summed E-state index contributed by atoms with van der Waals surface area (Å²) in [6, 6.07) is 5.35. The Morgan fingerprint density at radius 3 is 2.78 bits per heavy atom. The highest BCUT2D eigenvalue weighted by Crippen LogP contribution is 2.36. The highest BCUT2D eigenvalue weighted by atomic mass is 35.5. The Labute approximate surface area is 172 Å². The molecule has 1 heterocycles. The number of carbonyl (C=O) groups is 1. The molecule has 2 atom stereocenters. The number of anilines is 1. The molecule has 0 bridgehead atoms. The molecule has 8 heteroatoms. The molecule has 1 aliphatic carbocycles. The molecule has 0 spiro atoms. The number of methoxy groups -OCH3 is 1. The SMILES string of the molecule is COC(O)c1csc(NC(=O)[C@H](CC2CCCC2)c2ccc(Cl)c(Cl)c2)n1. The maximum atomic E-state index is 13.0. The van der Waals surface area contributed by atoms with Crippen LogP contribution in [0.25, 0.3) is 0 Å². The van der Waals surface area contributed by atoms with Crippen LogP contribution in [0.2, 0.25) is 10.0 Å². The van der Waals surface area contributed by atoms with Crippen molar-refractivity contribution in [2.45, 2.75) is 44.3 Å². The Balaban J connectivity index is 1.79. The molecule has 0 saturated heterocycles. The van der Waals surface area contributed by atoms with Gasteiger partial charge in [0.25, 0.3) is 0 Å². The van der Waals surface area contributed by atoms with Gasteiger partial charge in [-0.1, -0.05) is 55.0 Å². The number of hydrogen-bond donors (Lipinski definition) is 2. The number of benzene rings is 1. The first-order chi connectivity index (χ1) is 13.0. The van der Waals surface area contributed by atoms with Gasteiger partial charge in [0.2, 0.25) is 5.91 Å². The van der Waals surface area contributed by atoms with E-state index in [1.165, 1.54) is 31.3 Å². The van der Waals surface area contributed by atoms with E-state index in [0.29, 0.717) is 26.8 Å². The summed E-state index contributed by atoms with van der Waals surface area (Å²) < 4.78 is 4.84. The van der Waals surface area contributed by atoms with E-state index in [1.807, 2.05) is 6.07 Å². The number of aromatic nitrogens is 1. The molecule has 1 saturated carbocycles. The monoisotopic (exact) mass is 428 g/mol. The summed E-state index contributed by atoms with van der Waals surface area (Å²) >= 11 is 13.5. The van der Waals surface area contributed by atoms with E-state index in [2.05, 4.69) is 10.3 Å². The lowest BCUT2D eigenvalue weighted by atomic mass is 9.87. The molecule has 27 heavy (non-hydrogen) atoms.